The smallest absolute Gasteiger partial charge is 0.0137 e. The Morgan fingerprint density at radius 3 is 2.67 bits per heavy atom. The Morgan fingerprint density at radius 2 is 2.00 bits per heavy atom. The van der Waals surface area contributed by atoms with E-state index in [4.69, 9.17) is 0 Å². The van der Waals surface area contributed by atoms with Gasteiger partial charge in [0.15, 0.2) is 0 Å². The zero-order chi connectivity index (χ0) is 10.5. The number of nitrogens with one attached hydrogen (secondary N) is 1. The van der Waals surface area contributed by atoms with Crippen molar-refractivity contribution in [3.63, 3.8) is 0 Å². The first-order chi connectivity index (χ1) is 7.40. The summed E-state index contributed by atoms with van der Waals surface area (Å²) < 4.78 is 0. The lowest BCUT2D eigenvalue weighted by atomic mass is 9.95. The van der Waals surface area contributed by atoms with Crippen molar-refractivity contribution in [3.8, 4) is 0 Å². The van der Waals surface area contributed by atoms with Gasteiger partial charge in [-0.3, -0.25) is 0 Å². The molecule has 0 aromatic heterocycles. The molecule has 1 aromatic carbocycles. The van der Waals surface area contributed by atoms with Crippen LogP contribution in [-0.4, -0.2) is 13.1 Å². The summed E-state index contributed by atoms with van der Waals surface area (Å²) in [5, 5.41) is 3.35. The number of benzene rings is 1. The molecule has 1 nitrogen and oxygen atoms in total. The van der Waals surface area contributed by atoms with Crippen LogP contribution in [0.2, 0.25) is 0 Å². The molecular formula is C14H19N. The summed E-state index contributed by atoms with van der Waals surface area (Å²) >= 11 is 0. The summed E-state index contributed by atoms with van der Waals surface area (Å²) in [4.78, 5) is 0. The van der Waals surface area contributed by atoms with E-state index in [2.05, 4.69) is 42.6 Å². The maximum absolute atomic E-state index is 3.35. The minimum atomic E-state index is 1.05. The highest BCUT2D eigenvalue weighted by atomic mass is 14.8. The Bertz CT molecular complexity index is 352. The Morgan fingerprint density at radius 1 is 1.20 bits per heavy atom. The maximum Gasteiger partial charge on any atom is 0.0137 e. The molecule has 80 valence electrons. The molecule has 1 heterocycles. The predicted octanol–water partition coefficient (Wildman–Crippen LogP) is 2.71. The van der Waals surface area contributed by atoms with Crippen LogP contribution in [0.5, 0.6) is 0 Å². The molecule has 1 heteroatoms. The van der Waals surface area contributed by atoms with Gasteiger partial charge in [0.1, 0.15) is 0 Å². The van der Waals surface area contributed by atoms with E-state index in [1.165, 1.54) is 17.5 Å². The molecule has 0 saturated carbocycles. The van der Waals surface area contributed by atoms with Gasteiger partial charge in [-0.05, 0) is 36.9 Å². The zero-order valence-electron chi connectivity index (χ0n) is 9.42. The van der Waals surface area contributed by atoms with Crippen LogP contribution in [0.3, 0.4) is 0 Å². The number of aryl methyl sites for hydroxylation is 1. The summed E-state index contributed by atoms with van der Waals surface area (Å²) in [6, 6.07) is 8.80. The van der Waals surface area contributed by atoms with E-state index in [9.17, 15) is 0 Å². The van der Waals surface area contributed by atoms with E-state index < -0.39 is 0 Å². The van der Waals surface area contributed by atoms with Gasteiger partial charge in [0.2, 0.25) is 0 Å². The molecule has 15 heavy (non-hydrogen) atoms. The molecule has 0 spiro atoms. The van der Waals surface area contributed by atoms with Crippen LogP contribution in [0.15, 0.2) is 35.9 Å². The van der Waals surface area contributed by atoms with Gasteiger partial charge in [-0.25, -0.2) is 0 Å². The molecule has 0 amide bonds. The fraction of sp³-hybridized carbons (Fsp3) is 0.429. The summed E-state index contributed by atoms with van der Waals surface area (Å²) in [7, 11) is 0. The van der Waals surface area contributed by atoms with Crippen LogP contribution in [0.25, 0.3) is 0 Å². The fourth-order valence-electron chi connectivity index (χ4n) is 2.15. The molecule has 2 rings (SSSR count). The first-order valence-electron chi connectivity index (χ1n) is 5.85. The quantitative estimate of drug-likeness (QED) is 0.741. The number of hydrogen-bond donors (Lipinski definition) is 1. The molecule has 0 radical (unpaired) electrons. The molecule has 0 unspecified atom stereocenters. The molecule has 0 saturated heterocycles. The molecule has 1 aliphatic rings. The standard InChI is InChI=1S/C14H19N/c1-2-13-5-3-4-6-14(13)11-12-7-9-15-10-8-12/h3-7,15H,2,8-11H2,1H3. The average molecular weight is 201 g/mol. The second kappa shape index (κ2) is 5.13. The highest BCUT2D eigenvalue weighted by molar-refractivity contribution is 5.31. The lowest BCUT2D eigenvalue weighted by Gasteiger charge is -2.15. The minimum Gasteiger partial charge on any atom is -0.313 e. The maximum atomic E-state index is 3.35. The zero-order valence-corrected chi connectivity index (χ0v) is 9.42. The first kappa shape index (κ1) is 10.4. The molecular weight excluding hydrogens is 182 g/mol. The van der Waals surface area contributed by atoms with Gasteiger partial charge in [0.25, 0.3) is 0 Å². The van der Waals surface area contributed by atoms with E-state index in [-0.39, 0.29) is 0 Å². The lowest BCUT2D eigenvalue weighted by Crippen LogP contribution is -2.21. The second-order valence-electron chi connectivity index (χ2n) is 4.12. The van der Waals surface area contributed by atoms with Crippen molar-refractivity contribution in [3.05, 3.63) is 47.0 Å². The highest BCUT2D eigenvalue weighted by Crippen LogP contribution is 2.17. The van der Waals surface area contributed by atoms with Crippen molar-refractivity contribution in [1.29, 1.82) is 0 Å². The average Bonchev–Trinajstić information content (AvgIpc) is 2.31. The normalized spacial score (nSPS) is 16.2. The third-order valence-corrected chi connectivity index (χ3v) is 3.07. The van der Waals surface area contributed by atoms with Gasteiger partial charge < -0.3 is 5.32 Å². The van der Waals surface area contributed by atoms with Gasteiger partial charge in [-0.1, -0.05) is 42.8 Å². The van der Waals surface area contributed by atoms with E-state index in [1.807, 2.05) is 0 Å². The topological polar surface area (TPSA) is 12.0 Å². The van der Waals surface area contributed by atoms with E-state index >= 15 is 0 Å². The largest absolute Gasteiger partial charge is 0.313 e. The highest BCUT2D eigenvalue weighted by Gasteiger charge is 2.06. The second-order valence-corrected chi connectivity index (χ2v) is 4.12. The molecule has 1 aliphatic heterocycles. The molecule has 0 atom stereocenters. The monoisotopic (exact) mass is 201 g/mol. The summed E-state index contributed by atoms with van der Waals surface area (Å²) in [6.07, 6.45) is 5.83. The fourth-order valence-corrected chi connectivity index (χ4v) is 2.15. The van der Waals surface area contributed by atoms with E-state index in [1.54, 1.807) is 5.57 Å². The Hall–Kier alpha value is -1.08. The van der Waals surface area contributed by atoms with Gasteiger partial charge in [0.05, 0.1) is 0 Å². The third-order valence-electron chi connectivity index (χ3n) is 3.07. The van der Waals surface area contributed by atoms with Crippen LogP contribution in [0.4, 0.5) is 0 Å². The van der Waals surface area contributed by atoms with Crippen molar-refractivity contribution >= 4 is 0 Å². The van der Waals surface area contributed by atoms with Crippen LogP contribution in [0, 0.1) is 0 Å². The molecule has 0 bridgehead atoms. The summed E-state index contributed by atoms with van der Waals surface area (Å²) in [5.41, 5.74) is 4.60. The van der Waals surface area contributed by atoms with Crippen molar-refractivity contribution in [2.75, 3.05) is 13.1 Å². The Labute approximate surface area is 92.2 Å². The third kappa shape index (κ3) is 2.69. The minimum absolute atomic E-state index is 1.05. The molecule has 1 aromatic rings. The summed E-state index contributed by atoms with van der Waals surface area (Å²) in [5.74, 6) is 0. The van der Waals surface area contributed by atoms with Gasteiger partial charge >= 0.3 is 0 Å². The van der Waals surface area contributed by atoms with Gasteiger partial charge in [-0.2, -0.15) is 0 Å². The van der Waals surface area contributed by atoms with Gasteiger partial charge in [0, 0.05) is 6.54 Å². The summed E-state index contributed by atoms with van der Waals surface area (Å²) in [6.45, 7) is 4.42. The van der Waals surface area contributed by atoms with Crippen molar-refractivity contribution < 1.29 is 0 Å². The van der Waals surface area contributed by atoms with E-state index in [0.717, 1.165) is 25.9 Å². The van der Waals surface area contributed by atoms with Crippen molar-refractivity contribution in [2.45, 2.75) is 26.2 Å². The predicted molar refractivity (Wildman–Crippen MR) is 65.1 cm³/mol. The van der Waals surface area contributed by atoms with Crippen LogP contribution in [0.1, 0.15) is 24.5 Å². The van der Waals surface area contributed by atoms with E-state index in [0.29, 0.717) is 0 Å². The SMILES string of the molecule is CCc1ccccc1CC1=CCNCC1. The Balaban J connectivity index is 2.12. The van der Waals surface area contributed by atoms with Crippen molar-refractivity contribution in [1.82, 2.24) is 5.32 Å². The number of hydrogen-bond acceptors (Lipinski definition) is 1. The first-order valence-corrected chi connectivity index (χ1v) is 5.85. The molecule has 0 aliphatic carbocycles. The van der Waals surface area contributed by atoms with Crippen molar-refractivity contribution in [2.24, 2.45) is 0 Å². The van der Waals surface area contributed by atoms with Gasteiger partial charge in [-0.15, -0.1) is 0 Å². The molecule has 0 fully saturated rings. The number of rotatable bonds is 3. The van der Waals surface area contributed by atoms with Crippen LogP contribution in [-0.2, 0) is 12.8 Å². The van der Waals surface area contributed by atoms with Crippen LogP contribution < -0.4 is 5.32 Å². The van der Waals surface area contributed by atoms with Crippen LogP contribution >= 0.6 is 0 Å². The lowest BCUT2D eigenvalue weighted by molar-refractivity contribution is 0.691. The Kier molecular flexibility index (Phi) is 3.57. The molecule has 1 N–H and O–H groups in total.